The Morgan fingerprint density at radius 3 is 1.44 bits per heavy atom. The first-order valence-corrected chi connectivity index (χ1v) is 3.64. The first kappa shape index (κ1) is 15.3. The Morgan fingerprint density at radius 2 is 1.19 bits per heavy atom. The van der Waals surface area contributed by atoms with Crippen LogP contribution in [0, 0.1) is 5.92 Å². The maximum Gasteiger partial charge on any atom is 0.409 e. The van der Waals surface area contributed by atoms with E-state index >= 15 is 0 Å². The van der Waals surface area contributed by atoms with E-state index < -0.39 is 37.7 Å². The number of hydrogen-bond donors (Lipinski definition) is 0. The predicted octanol–water partition coefficient (Wildman–Crippen LogP) is 3.31. The summed E-state index contributed by atoms with van der Waals surface area (Å²) in [6, 6.07) is 0. The zero-order valence-electron chi connectivity index (χ0n) is 7.30. The lowest BCUT2D eigenvalue weighted by molar-refractivity contribution is -0.399. The van der Waals surface area contributed by atoms with Crippen molar-refractivity contribution in [2.45, 2.75) is 18.5 Å². The Kier molecular flexibility index (Phi) is 4.48. The van der Waals surface area contributed by atoms with Gasteiger partial charge in [0.15, 0.2) is 0 Å². The van der Waals surface area contributed by atoms with E-state index in [0.29, 0.717) is 0 Å². The summed E-state index contributed by atoms with van der Waals surface area (Å²) in [6.45, 7) is -3.19. The van der Waals surface area contributed by atoms with E-state index in [4.69, 9.17) is 0 Å². The Bertz CT molecular complexity index is 203. The molecule has 0 saturated carbocycles. The van der Waals surface area contributed by atoms with Crippen LogP contribution in [0.3, 0.4) is 0 Å². The van der Waals surface area contributed by atoms with Crippen LogP contribution in [0.25, 0.3) is 0 Å². The molecule has 0 atom stereocenters. The number of hydrogen-bond acceptors (Lipinski definition) is 1. The van der Waals surface area contributed by atoms with E-state index in [-0.39, 0.29) is 0 Å². The second kappa shape index (κ2) is 4.68. The molecule has 0 bridgehead atoms. The van der Waals surface area contributed by atoms with Gasteiger partial charge in [-0.2, -0.15) is 35.1 Å². The minimum absolute atomic E-state index is 1.56. The van der Waals surface area contributed by atoms with E-state index in [1.54, 1.807) is 0 Å². The topological polar surface area (TPSA) is 9.23 Å². The molecular formula is C6H5F9O. The molecule has 0 aliphatic heterocycles. The SMILES string of the molecule is FCCOC(F)(F)C(C(F)(F)F)C(F)(F)F. The van der Waals surface area contributed by atoms with Crippen LogP contribution in [-0.2, 0) is 4.74 Å². The Labute approximate surface area is 83.2 Å². The van der Waals surface area contributed by atoms with Crippen molar-refractivity contribution in [2.24, 2.45) is 5.92 Å². The highest BCUT2D eigenvalue weighted by Gasteiger charge is 2.69. The molecule has 0 aliphatic carbocycles. The lowest BCUT2D eigenvalue weighted by Crippen LogP contribution is -2.50. The molecule has 0 aromatic rings. The second-order valence-corrected chi connectivity index (χ2v) is 2.62. The van der Waals surface area contributed by atoms with Crippen molar-refractivity contribution in [3.05, 3.63) is 0 Å². The quantitative estimate of drug-likeness (QED) is 0.708. The average molecular weight is 264 g/mol. The molecule has 0 rings (SSSR count). The number of rotatable bonds is 4. The van der Waals surface area contributed by atoms with Gasteiger partial charge in [-0.3, -0.25) is 0 Å². The molecule has 0 radical (unpaired) electrons. The van der Waals surface area contributed by atoms with Gasteiger partial charge in [0.25, 0.3) is 0 Å². The molecule has 16 heavy (non-hydrogen) atoms. The van der Waals surface area contributed by atoms with E-state index in [2.05, 4.69) is 4.74 Å². The van der Waals surface area contributed by atoms with Crippen LogP contribution in [0.2, 0.25) is 0 Å². The van der Waals surface area contributed by atoms with Crippen LogP contribution >= 0.6 is 0 Å². The van der Waals surface area contributed by atoms with Gasteiger partial charge in [-0.05, 0) is 0 Å². The highest BCUT2D eigenvalue weighted by molar-refractivity contribution is 4.82. The zero-order valence-corrected chi connectivity index (χ0v) is 7.30. The fourth-order valence-electron chi connectivity index (χ4n) is 0.825. The third-order valence-corrected chi connectivity index (χ3v) is 1.36. The monoisotopic (exact) mass is 264 g/mol. The van der Waals surface area contributed by atoms with E-state index in [0.717, 1.165) is 0 Å². The maximum atomic E-state index is 12.4. The molecule has 1 nitrogen and oxygen atoms in total. The number of alkyl halides is 9. The van der Waals surface area contributed by atoms with Gasteiger partial charge in [-0.15, -0.1) is 0 Å². The summed E-state index contributed by atoms with van der Waals surface area (Å²) in [5.74, 6) is -4.97. The van der Waals surface area contributed by atoms with Crippen LogP contribution in [0.1, 0.15) is 0 Å². The normalized spacial score (nSPS) is 14.6. The molecule has 10 heteroatoms. The van der Waals surface area contributed by atoms with Crippen molar-refractivity contribution < 1.29 is 44.3 Å². The van der Waals surface area contributed by atoms with Crippen LogP contribution in [0.5, 0.6) is 0 Å². The van der Waals surface area contributed by atoms with E-state index in [9.17, 15) is 39.5 Å². The van der Waals surface area contributed by atoms with Crippen molar-refractivity contribution in [1.29, 1.82) is 0 Å². The van der Waals surface area contributed by atoms with Gasteiger partial charge in [0, 0.05) is 0 Å². The van der Waals surface area contributed by atoms with Crippen molar-refractivity contribution in [3.8, 4) is 0 Å². The van der Waals surface area contributed by atoms with E-state index in [1.165, 1.54) is 0 Å². The molecule has 0 unspecified atom stereocenters. The Morgan fingerprint density at radius 1 is 0.812 bits per heavy atom. The van der Waals surface area contributed by atoms with Gasteiger partial charge < -0.3 is 4.74 Å². The van der Waals surface area contributed by atoms with Crippen molar-refractivity contribution in [3.63, 3.8) is 0 Å². The molecule has 0 aromatic heterocycles. The molecule has 0 saturated heterocycles. The van der Waals surface area contributed by atoms with Crippen LogP contribution in [-0.4, -0.2) is 31.7 Å². The van der Waals surface area contributed by atoms with Gasteiger partial charge in [0.05, 0.1) is 6.61 Å². The van der Waals surface area contributed by atoms with Gasteiger partial charge in [-0.1, -0.05) is 0 Å². The van der Waals surface area contributed by atoms with Crippen molar-refractivity contribution >= 4 is 0 Å². The first-order valence-electron chi connectivity index (χ1n) is 3.64. The molecule has 0 aliphatic rings. The summed E-state index contributed by atoms with van der Waals surface area (Å²) < 4.78 is 110. The average Bonchev–Trinajstić information content (AvgIpc) is 1.93. The molecule has 0 spiro atoms. The third-order valence-electron chi connectivity index (χ3n) is 1.36. The summed E-state index contributed by atoms with van der Waals surface area (Å²) in [6.07, 6.45) is -18.0. The summed E-state index contributed by atoms with van der Waals surface area (Å²) >= 11 is 0. The first-order chi connectivity index (χ1) is 6.93. The Hall–Kier alpha value is -0.670. The van der Waals surface area contributed by atoms with E-state index in [1.807, 2.05) is 0 Å². The summed E-state index contributed by atoms with van der Waals surface area (Å²) in [5, 5.41) is 0. The zero-order chi connectivity index (χ0) is 13.2. The van der Waals surface area contributed by atoms with Gasteiger partial charge in [0.2, 0.25) is 5.92 Å². The largest absolute Gasteiger partial charge is 0.409 e. The molecule has 98 valence electrons. The van der Waals surface area contributed by atoms with Crippen molar-refractivity contribution in [1.82, 2.24) is 0 Å². The standard InChI is InChI=1S/C6H5F9O/c7-1-2-16-6(14,15)3(4(8,9)10)5(11,12)13/h3H,1-2H2. The molecule has 0 fully saturated rings. The number of ether oxygens (including phenoxy) is 1. The molecule has 0 aromatic carbocycles. The third kappa shape index (κ3) is 4.06. The fourth-order valence-corrected chi connectivity index (χ4v) is 0.825. The highest BCUT2D eigenvalue weighted by Crippen LogP contribution is 2.48. The van der Waals surface area contributed by atoms with Crippen LogP contribution in [0.4, 0.5) is 39.5 Å². The molecule has 0 N–H and O–H groups in total. The number of halogens is 9. The smallest absolute Gasteiger partial charge is 0.317 e. The second-order valence-electron chi connectivity index (χ2n) is 2.62. The predicted molar refractivity (Wildman–Crippen MR) is 32.5 cm³/mol. The minimum Gasteiger partial charge on any atom is -0.317 e. The lowest BCUT2D eigenvalue weighted by atomic mass is 10.1. The van der Waals surface area contributed by atoms with Crippen LogP contribution in [0.15, 0.2) is 0 Å². The molecule has 0 heterocycles. The minimum atomic E-state index is -6.24. The summed E-state index contributed by atoms with van der Waals surface area (Å²) in [5.41, 5.74) is 0. The van der Waals surface area contributed by atoms with Gasteiger partial charge in [-0.25, -0.2) is 4.39 Å². The Balaban J connectivity index is 5.04. The van der Waals surface area contributed by atoms with Gasteiger partial charge >= 0.3 is 18.5 Å². The highest BCUT2D eigenvalue weighted by atomic mass is 19.4. The fraction of sp³-hybridized carbons (Fsp3) is 1.00. The van der Waals surface area contributed by atoms with Gasteiger partial charge in [0.1, 0.15) is 6.67 Å². The molecular weight excluding hydrogens is 259 g/mol. The molecule has 0 amide bonds. The summed E-state index contributed by atoms with van der Waals surface area (Å²) in [7, 11) is 0. The maximum absolute atomic E-state index is 12.4. The summed E-state index contributed by atoms with van der Waals surface area (Å²) in [4.78, 5) is 0. The van der Waals surface area contributed by atoms with Crippen LogP contribution < -0.4 is 0 Å². The van der Waals surface area contributed by atoms with Crippen molar-refractivity contribution in [2.75, 3.05) is 13.3 Å². The lowest BCUT2D eigenvalue weighted by Gasteiger charge is -2.29.